The van der Waals surface area contributed by atoms with Gasteiger partial charge in [0.1, 0.15) is 18.5 Å². The van der Waals surface area contributed by atoms with Crippen LogP contribution in [0, 0.1) is 17.1 Å². The molecule has 5 heteroatoms. The summed E-state index contributed by atoms with van der Waals surface area (Å²) in [6.07, 6.45) is 6.42. The summed E-state index contributed by atoms with van der Waals surface area (Å²) in [5.74, 6) is -0.863. The van der Waals surface area contributed by atoms with Crippen molar-refractivity contribution in [3.63, 3.8) is 0 Å². The summed E-state index contributed by atoms with van der Waals surface area (Å²) in [6.45, 7) is 0.0111. The molecule has 1 aromatic carbocycles. The molecule has 2 heterocycles. The smallest absolute Gasteiger partial charge is 0.331 e. The summed E-state index contributed by atoms with van der Waals surface area (Å²) in [5, 5.41) is 9.30. The number of aromatic nitrogens is 1. The van der Waals surface area contributed by atoms with Crippen LogP contribution in [0.5, 0.6) is 0 Å². The Labute approximate surface area is 138 Å². The first kappa shape index (κ1) is 15.5. The average Bonchev–Trinajstić information content (AvgIpc) is 2.97. The maximum absolute atomic E-state index is 12.8. The Kier molecular flexibility index (Phi) is 4.39. The van der Waals surface area contributed by atoms with Crippen molar-refractivity contribution < 1.29 is 13.9 Å². The largest absolute Gasteiger partial charge is 0.458 e. The average molecular weight is 320 g/mol. The molecule has 24 heavy (non-hydrogen) atoms. The van der Waals surface area contributed by atoms with Crippen LogP contribution in [0.4, 0.5) is 4.39 Å². The van der Waals surface area contributed by atoms with Gasteiger partial charge in [0.15, 0.2) is 0 Å². The van der Waals surface area contributed by atoms with Crippen molar-refractivity contribution in [3.05, 3.63) is 83.4 Å². The van der Waals surface area contributed by atoms with Crippen LogP contribution >= 0.6 is 0 Å². The highest BCUT2D eigenvalue weighted by Crippen LogP contribution is 2.18. The highest BCUT2D eigenvalue weighted by atomic mass is 19.1. The third kappa shape index (κ3) is 3.33. The minimum absolute atomic E-state index is 0.0111. The van der Waals surface area contributed by atoms with Crippen molar-refractivity contribution in [2.75, 3.05) is 0 Å². The molecule has 0 aliphatic rings. The van der Waals surface area contributed by atoms with Gasteiger partial charge < -0.3 is 9.14 Å². The van der Waals surface area contributed by atoms with Crippen molar-refractivity contribution in [3.8, 4) is 6.07 Å². The van der Waals surface area contributed by atoms with Crippen LogP contribution in [-0.4, -0.2) is 10.4 Å². The molecule has 0 saturated carbocycles. The molecule has 0 aliphatic carbocycles. The third-order valence-electron chi connectivity index (χ3n) is 3.53. The molecule has 0 saturated heterocycles. The molecule has 3 aromatic rings. The SMILES string of the molecule is N#Cc1c(COC(=O)C=Cc2ccc(F)cc2)cn2ccccc12. The molecular weight excluding hydrogens is 307 g/mol. The number of hydrogen-bond donors (Lipinski definition) is 0. The fourth-order valence-corrected chi connectivity index (χ4v) is 2.35. The number of pyridine rings is 1. The second-order valence-corrected chi connectivity index (χ2v) is 5.13. The van der Waals surface area contributed by atoms with Crippen molar-refractivity contribution in [1.29, 1.82) is 5.26 Å². The monoisotopic (exact) mass is 320 g/mol. The molecule has 0 fully saturated rings. The molecular formula is C19H13FN2O2. The number of esters is 1. The fraction of sp³-hybridized carbons (Fsp3) is 0.0526. The number of hydrogen-bond acceptors (Lipinski definition) is 3. The molecule has 2 aromatic heterocycles. The van der Waals surface area contributed by atoms with Crippen LogP contribution < -0.4 is 0 Å². The summed E-state index contributed by atoms with van der Waals surface area (Å²) in [7, 11) is 0. The lowest BCUT2D eigenvalue weighted by molar-refractivity contribution is -0.138. The van der Waals surface area contributed by atoms with Crippen molar-refractivity contribution in [2.24, 2.45) is 0 Å². The van der Waals surface area contributed by atoms with Crippen molar-refractivity contribution in [1.82, 2.24) is 4.40 Å². The Bertz CT molecular complexity index is 950. The molecule has 0 amide bonds. The first-order chi connectivity index (χ1) is 11.7. The van der Waals surface area contributed by atoms with E-state index in [0.29, 0.717) is 16.7 Å². The maximum Gasteiger partial charge on any atom is 0.331 e. The molecule has 0 unspecified atom stereocenters. The zero-order valence-corrected chi connectivity index (χ0v) is 12.6. The summed E-state index contributed by atoms with van der Waals surface area (Å²) in [4.78, 5) is 11.8. The topological polar surface area (TPSA) is 54.5 Å². The predicted molar refractivity (Wildman–Crippen MR) is 87.3 cm³/mol. The van der Waals surface area contributed by atoms with E-state index < -0.39 is 5.97 Å². The second-order valence-electron chi connectivity index (χ2n) is 5.13. The Morgan fingerprint density at radius 3 is 2.79 bits per heavy atom. The van der Waals surface area contributed by atoms with Gasteiger partial charge in [-0.05, 0) is 35.9 Å². The van der Waals surface area contributed by atoms with Gasteiger partial charge in [0.2, 0.25) is 0 Å². The predicted octanol–water partition coefficient (Wildman–Crippen LogP) is 3.71. The summed E-state index contributed by atoms with van der Waals surface area (Å²) >= 11 is 0. The number of nitriles is 1. The molecule has 0 bridgehead atoms. The van der Waals surface area contributed by atoms with Crippen LogP contribution in [0.3, 0.4) is 0 Å². The van der Waals surface area contributed by atoms with E-state index in [1.54, 1.807) is 24.4 Å². The highest BCUT2D eigenvalue weighted by molar-refractivity contribution is 5.87. The Balaban J connectivity index is 1.68. The number of ether oxygens (including phenoxy) is 1. The standard InChI is InChI=1S/C19H13FN2O2/c20-16-7-4-14(5-8-16)6-9-19(23)24-13-15-12-22-10-2-1-3-18(22)17(15)11-21/h1-10,12H,13H2. The van der Waals surface area contributed by atoms with Gasteiger partial charge in [0, 0.05) is 24.0 Å². The van der Waals surface area contributed by atoms with Crippen LogP contribution in [0.25, 0.3) is 11.6 Å². The van der Waals surface area contributed by atoms with Gasteiger partial charge in [-0.15, -0.1) is 0 Å². The van der Waals surface area contributed by atoms with Gasteiger partial charge in [-0.1, -0.05) is 18.2 Å². The van der Waals surface area contributed by atoms with Gasteiger partial charge in [-0.25, -0.2) is 9.18 Å². The first-order valence-electron chi connectivity index (χ1n) is 7.26. The molecule has 0 aliphatic heterocycles. The van der Waals surface area contributed by atoms with Crippen LogP contribution in [0.1, 0.15) is 16.7 Å². The summed E-state index contributed by atoms with van der Waals surface area (Å²) in [5.41, 5.74) is 2.60. The van der Waals surface area contributed by atoms with Crippen LogP contribution in [0.15, 0.2) is 60.9 Å². The van der Waals surface area contributed by atoms with Gasteiger partial charge in [-0.2, -0.15) is 5.26 Å². The van der Waals surface area contributed by atoms with E-state index in [4.69, 9.17) is 4.74 Å². The van der Waals surface area contributed by atoms with Gasteiger partial charge in [0.05, 0.1) is 11.1 Å². The normalized spacial score (nSPS) is 10.8. The quantitative estimate of drug-likeness (QED) is 0.544. The number of benzene rings is 1. The van der Waals surface area contributed by atoms with E-state index >= 15 is 0 Å². The van der Waals surface area contributed by atoms with Crippen LogP contribution in [-0.2, 0) is 16.1 Å². The number of rotatable bonds is 4. The lowest BCUT2D eigenvalue weighted by Crippen LogP contribution is -2.01. The fourth-order valence-electron chi connectivity index (χ4n) is 2.35. The molecule has 0 N–H and O–H groups in total. The van der Waals surface area contributed by atoms with E-state index in [1.165, 1.54) is 18.2 Å². The van der Waals surface area contributed by atoms with E-state index in [2.05, 4.69) is 6.07 Å². The molecule has 3 rings (SSSR count). The Morgan fingerprint density at radius 2 is 2.04 bits per heavy atom. The van der Waals surface area contributed by atoms with Gasteiger partial charge in [-0.3, -0.25) is 0 Å². The van der Waals surface area contributed by atoms with E-state index in [1.807, 2.05) is 28.8 Å². The van der Waals surface area contributed by atoms with Crippen molar-refractivity contribution >= 4 is 17.6 Å². The highest BCUT2D eigenvalue weighted by Gasteiger charge is 2.11. The number of carbonyl (C=O) groups is 1. The zero-order valence-electron chi connectivity index (χ0n) is 12.6. The van der Waals surface area contributed by atoms with E-state index in [9.17, 15) is 14.4 Å². The number of carbonyl (C=O) groups excluding carboxylic acids is 1. The Morgan fingerprint density at radius 1 is 1.25 bits per heavy atom. The molecule has 0 spiro atoms. The Hall–Kier alpha value is -3.39. The van der Waals surface area contributed by atoms with E-state index in [-0.39, 0.29) is 12.4 Å². The minimum Gasteiger partial charge on any atom is -0.458 e. The lowest BCUT2D eigenvalue weighted by Gasteiger charge is -2.00. The zero-order chi connectivity index (χ0) is 16.9. The van der Waals surface area contributed by atoms with Gasteiger partial charge in [0.25, 0.3) is 0 Å². The molecule has 0 radical (unpaired) electrons. The summed E-state index contributed by atoms with van der Waals surface area (Å²) < 4.78 is 19.8. The number of halogens is 1. The minimum atomic E-state index is -0.529. The van der Waals surface area contributed by atoms with Gasteiger partial charge >= 0.3 is 5.97 Å². The number of nitrogens with zero attached hydrogens (tertiary/aromatic N) is 2. The lowest BCUT2D eigenvalue weighted by atomic mass is 10.2. The molecule has 4 nitrogen and oxygen atoms in total. The third-order valence-corrected chi connectivity index (χ3v) is 3.53. The molecule has 118 valence electrons. The van der Waals surface area contributed by atoms with Crippen LogP contribution in [0.2, 0.25) is 0 Å². The molecule has 0 atom stereocenters. The summed E-state index contributed by atoms with van der Waals surface area (Å²) in [6, 6.07) is 13.4. The number of fused-ring (bicyclic) bond motifs is 1. The maximum atomic E-state index is 12.8. The van der Waals surface area contributed by atoms with Crippen molar-refractivity contribution in [2.45, 2.75) is 6.61 Å². The van der Waals surface area contributed by atoms with E-state index in [0.717, 1.165) is 5.52 Å². The first-order valence-corrected chi connectivity index (χ1v) is 7.26. The second kappa shape index (κ2) is 6.80.